The Kier molecular flexibility index (Phi) is 34.5. The van der Waals surface area contributed by atoms with Gasteiger partial charge in [0, 0.05) is 44.1 Å². The summed E-state index contributed by atoms with van der Waals surface area (Å²) < 4.78 is 0. The number of H-pyrrole nitrogens is 1. The van der Waals surface area contributed by atoms with E-state index in [4.69, 9.17) is 34.4 Å². The van der Waals surface area contributed by atoms with Crippen molar-refractivity contribution in [2.24, 2.45) is 57.1 Å². The van der Waals surface area contributed by atoms with E-state index in [-0.39, 0.29) is 82.0 Å². The minimum absolute atomic E-state index is 0.0102. The van der Waals surface area contributed by atoms with Crippen molar-refractivity contribution in [3.05, 3.63) is 18.2 Å². The Morgan fingerprint density at radius 1 is 0.617 bits per heavy atom. The van der Waals surface area contributed by atoms with Crippen LogP contribution in [0.1, 0.15) is 157 Å². The molecule has 1 aromatic heterocycles. The van der Waals surface area contributed by atoms with Crippen molar-refractivity contribution in [1.29, 1.82) is 0 Å². The molecule has 1 aliphatic carbocycles. The SMILES string of the molecule is CC[C@H](C)[C@H](NC(=O)[C@H](CCC(=O)O)NC(=O)C1(NC(=O)[C@@H](NC(=O)C(C)(C)N)C(C)C)CCCC1)C(=O)N[C@@H](CCC(N)=O)C(=O)N[C@@H](CC(C)C)C(=O)N[C@@H](CCSC)C(=O)N[C@@H](Cc1cnc[nH]1)C(=O)N[C@@H](CCC(N)=O)C(=O)N[C@@H](CCCN=C(N)N)C(N)=O. The highest BCUT2D eigenvalue weighted by Gasteiger charge is 2.46. The first-order valence-electron chi connectivity index (χ1n) is 31.4. The summed E-state index contributed by atoms with van der Waals surface area (Å²) in [7, 11) is 0. The van der Waals surface area contributed by atoms with Gasteiger partial charge in [0.25, 0.3) is 0 Å². The first-order valence-corrected chi connectivity index (χ1v) is 32.8. The van der Waals surface area contributed by atoms with E-state index in [2.05, 4.69) is 68.1 Å². The molecule has 1 aliphatic rings. The minimum atomic E-state index is -1.61. The fourth-order valence-corrected chi connectivity index (χ4v) is 10.4. The van der Waals surface area contributed by atoms with Crippen LogP contribution in [-0.4, -0.2) is 188 Å². The molecule has 528 valence electrons. The molecule has 0 aromatic carbocycles. The Morgan fingerprint density at radius 2 is 1.10 bits per heavy atom. The number of carboxylic acid groups (broad SMARTS) is 1. The zero-order valence-corrected chi connectivity index (χ0v) is 56.1. The van der Waals surface area contributed by atoms with Gasteiger partial charge in [0.15, 0.2) is 5.96 Å². The van der Waals surface area contributed by atoms with E-state index in [0.717, 1.165) is 0 Å². The summed E-state index contributed by atoms with van der Waals surface area (Å²) in [5.74, 6) is -14.1. The van der Waals surface area contributed by atoms with Crippen LogP contribution in [0.3, 0.4) is 0 Å². The average Bonchev–Trinajstić information content (AvgIpc) is 1.53. The molecule has 0 saturated heterocycles. The quantitative estimate of drug-likeness (QED) is 0.0168. The lowest BCUT2D eigenvalue weighted by Gasteiger charge is -2.34. The number of carbonyl (C=O) groups is 14. The maximum absolute atomic E-state index is 14.5. The zero-order chi connectivity index (χ0) is 71.2. The second-order valence-corrected chi connectivity index (χ2v) is 25.9. The molecule has 2 rings (SSSR count). The highest BCUT2D eigenvalue weighted by molar-refractivity contribution is 7.98. The van der Waals surface area contributed by atoms with Crippen molar-refractivity contribution in [2.45, 2.75) is 224 Å². The van der Waals surface area contributed by atoms with E-state index in [9.17, 15) is 72.2 Å². The number of carbonyl (C=O) groups excluding carboxylic acids is 13. The number of guanidine groups is 1. The van der Waals surface area contributed by atoms with Gasteiger partial charge in [-0.25, -0.2) is 4.98 Å². The first-order chi connectivity index (χ1) is 43.9. The Morgan fingerprint density at radius 3 is 1.56 bits per heavy atom. The summed E-state index contributed by atoms with van der Waals surface area (Å²) in [6, 6.07) is -12.9. The highest BCUT2D eigenvalue weighted by atomic mass is 32.2. The second-order valence-electron chi connectivity index (χ2n) is 24.9. The highest BCUT2D eigenvalue weighted by Crippen LogP contribution is 2.31. The predicted molar refractivity (Wildman–Crippen MR) is 347 cm³/mol. The molecule has 1 fully saturated rings. The normalized spacial score (nSPS) is 15.9. The number of nitrogens with two attached hydrogens (primary N) is 6. The van der Waals surface area contributed by atoms with Crippen LogP contribution in [0.2, 0.25) is 0 Å². The number of nitrogens with zero attached hydrogens (tertiary/aromatic N) is 2. The summed E-state index contributed by atoms with van der Waals surface area (Å²) >= 11 is 1.31. The molecule has 13 amide bonds. The lowest BCUT2D eigenvalue weighted by molar-refractivity contribution is -0.140. The van der Waals surface area contributed by atoms with Crippen LogP contribution in [0.25, 0.3) is 0 Å². The number of aliphatic imine (C=N–C) groups is 1. The fraction of sp³-hybridized carbons (Fsp3) is 0.695. The van der Waals surface area contributed by atoms with Crippen molar-refractivity contribution >= 4 is 100 Å². The van der Waals surface area contributed by atoms with Gasteiger partial charge < -0.3 is 97.7 Å². The number of rotatable bonds is 44. The second kappa shape index (κ2) is 39.8. The number of hydrogen-bond acceptors (Lipinski definition) is 18. The Balaban J connectivity index is 2.51. The maximum atomic E-state index is 14.5. The van der Waals surface area contributed by atoms with Crippen molar-refractivity contribution in [1.82, 2.24) is 63.1 Å². The number of imidazole rings is 1. The van der Waals surface area contributed by atoms with Crippen LogP contribution < -0.4 is 87.6 Å². The monoisotopic (exact) mass is 1350 g/mol. The molecule has 0 spiro atoms. The standard InChI is InChI=1S/C59H101N19O15S/c1-10-32(6)45(76-50(87)37(17-20-43(81)82)75-56(93)59(22-11-12-23-59)78-54(91)44(31(4)5)77-55(92)58(7,8)65)53(90)72-36(16-19-42(61)80)48(85)73-39(26-30(2)3)51(88)71-38(21-25-94-9)49(86)74-40(27-33-28-66-29-68-33)52(89)70-35(15-18-41(60)79)47(84)69-34(46(62)83)14-13-24-67-57(63)64/h28-32,34-40,44-45H,10-27,65H2,1-9H3,(H2,60,79)(H2,61,80)(H2,62,83)(H,66,68)(H,69,84)(H,70,89)(H,71,88)(H,72,90)(H,73,85)(H,74,86)(H,75,93)(H,76,87)(H,77,92)(H,78,91)(H,81,82)(H4,63,64,67)/t32-,34-,35-,36-,37-,38-,39-,40-,44-,45-/m0/s1. The van der Waals surface area contributed by atoms with Gasteiger partial charge in [-0.1, -0.05) is 60.8 Å². The zero-order valence-electron chi connectivity index (χ0n) is 55.2. The van der Waals surface area contributed by atoms with Crippen LogP contribution in [0, 0.1) is 17.8 Å². The van der Waals surface area contributed by atoms with Gasteiger partial charge in [0.05, 0.1) is 11.9 Å². The molecule has 0 radical (unpaired) electrons. The molecule has 0 bridgehead atoms. The third-order valence-electron chi connectivity index (χ3n) is 15.6. The van der Waals surface area contributed by atoms with Crippen LogP contribution in [0.15, 0.2) is 17.5 Å². The lowest BCUT2D eigenvalue weighted by atomic mass is 9.92. The van der Waals surface area contributed by atoms with E-state index in [0.29, 0.717) is 18.5 Å². The average molecular weight is 1350 g/mol. The van der Waals surface area contributed by atoms with Gasteiger partial charge in [-0.3, -0.25) is 72.1 Å². The summed E-state index contributed by atoms with van der Waals surface area (Å²) in [6.07, 6.45) is 2.97. The van der Waals surface area contributed by atoms with Gasteiger partial charge in [0.1, 0.15) is 59.9 Å². The van der Waals surface area contributed by atoms with Crippen LogP contribution >= 0.6 is 11.8 Å². The third kappa shape index (κ3) is 28.7. The molecule has 1 heterocycles. The fourth-order valence-electron chi connectivity index (χ4n) is 9.91. The number of nitrogens with one attached hydrogen (secondary N) is 11. The van der Waals surface area contributed by atoms with E-state index < -0.39 is 192 Å². The molecule has 34 nitrogen and oxygen atoms in total. The molecule has 24 N–H and O–H groups in total. The number of aromatic nitrogens is 2. The summed E-state index contributed by atoms with van der Waals surface area (Å²) in [6.45, 7) is 13.1. The van der Waals surface area contributed by atoms with Crippen molar-refractivity contribution in [3.63, 3.8) is 0 Å². The van der Waals surface area contributed by atoms with E-state index in [1.165, 1.54) is 38.1 Å². The first kappa shape index (κ1) is 81.5. The summed E-state index contributed by atoms with van der Waals surface area (Å²) in [5, 5.41) is 35.9. The summed E-state index contributed by atoms with van der Waals surface area (Å²) in [5.41, 5.74) is 30.6. The van der Waals surface area contributed by atoms with Crippen molar-refractivity contribution in [2.75, 3.05) is 18.6 Å². The van der Waals surface area contributed by atoms with Crippen LogP contribution in [0.5, 0.6) is 0 Å². The van der Waals surface area contributed by atoms with Gasteiger partial charge in [-0.05, 0) is 101 Å². The Labute approximate surface area is 551 Å². The van der Waals surface area contributed by atoms with Crippen molar-refractivity contribution < 1.29 is 72.2 Å². The molecule has 1 aromatic rings. The van der Waals surface area contributed by atoms with E-state index in [1.54, 1.807) is 47.8 Å². The number of primary amides is 3. The number of carboxylic acids is 1. The van der Waals surface area contributed by atoms with Crippen LogP contribution in [-0.2, 0) is 73.5 Å². The molecule has 0 aliphatic heterocycles. The Hall–Kier alpha value is -8.63. The molecule has 1 saturated carbocycles. The number of thioether (sulfide) groups is 1. The number of aromatic amines is 1. The Bertz CT molecular complexity index is 2810. The van der Waals surface area contributed by atoms with E-state index >= 15 is 0 Å². The number of aliphatic carboxylic acids is 1. The smallest absolute Gasteiger partial charge is 0.303 e. The van der Waals surface area contributed by atoms with Gasteiger partial charge >= 0.3 is 5.97 Å². The molecule has 35 heteroatoms. The number of amides is 13. The van der Waals surface area contributed by atoms with Gasteiger partial charge in [0.2, 0.25) is 76.8 Å². The van der Waals surface area contributed by atoms with E-state index in [1.807, 2.05) is 0 Å². The summed E-state index contributed by atoms with van der Waals surface area (Å²) in [4.78, 5) is 201. The lowest BCUT2D eigenvalue weighted by Crippen LogP contribution is -2.65. The molecule has 94 heavy (non-hydrogen) atoms. The van der Waals surface area contributed by atoms with Gasteiger partial charge in [-0.15, -0.1) is 0 Å². The van der Waals surface area contributed by atoms with Gasteiger partial charge in [-0.2, -0.15) is 11.8 Å². The molecule has 0 unspecified atom stereocenters. The maximum Gasteiger partial charge on any atom is 0.303 e. The molecule has 10 atom stereocenters. The minimum Gasteiger partial charge on any atom is -0.481 e. The topological polar surface area (TPSA) is 577 Å². The van der Waals surface area contributed by atoms with Crippen LogP contribution in [0.4, 0.5) is 0 Å². The molecular formula is C59H101N19O15S. The van der Waals surface area contributed by atoms with Crippen molar-refractivity contribution in [3.8, 4) is 0 Å². The third-order valence-corrected chi connectivity index (χ3v) is 16.2. The number of hydrogen-bond donors (Lipinski definition) is 18. The predicted octanol–water partition coefficient (Wildman–Crippen LogP) is -4.08. The largest absolute Gasteiger partial charge is 0.481 e. The molecular weight excluding hydrogens is 1250 g/mol.